The van der Waals surface area contributed by atoms with Crippen LogP contribution in [0.2, 0.25) is 0 Å². The van der Waals surface area contributed by atoms with E-state index in [4.69, 9.17) is 4.74 Å². The van der Waals surface area contributed by atoms with Crippen molar-refractivity contribution in [1.29, 1.82) is 0 Å². The fourth-order valence-electron chi connectivity index (χ4n) is 1.50. The quantitative estimate of drug-likeness (QED) is 0.373. The second kappa shape index (κ2) is 5.35. The number of nitro benzene ring substituents is 1. The number of hydrogen-bond donors (Lipinski definition) is 0. The second-order valence-corrected chi connectivity index (χ2v) is 3.85. The summed E-state index contributed by atoms with van der Waals surface area (Å²) in [6.07, 6.45) is -3.66. The molecule has 0 radical (unpaired) electrons. The summed E-state index contributed by atoms with van der Waals surface area (Å²) in [4.78, 5) is 13.1. The molecule has 1 aromatic heterocycles. The van der Waals surface area contributed by atoms with Crippen molar-refractivity contribution in [1.82, 2.24) is 4.98 Å². The molecule has 0 fully saturated rings. The molecule has 5 nitrogen and oxygen atoms in total. The van der Waals surface area contributed by atoms with Crippen molar-refractivity contribution in [3.63, 3.8) is 0 Å². The normalized spacial score (nSPS) is 11.2. The van der Waals surface area contributed by atoms with Crippen LogP contribution in [-0.2, 0) is 6.18 Å². The van der Waals surface area contributed by atoms with Gasteiger partial charge in [-0.25, -0.2) is 4.98 Å². The molecule has 2 aromatic rings. The Balaban J connectivity index is 2.42. The van der Waals surface area contributed by atoms with Crippen LogP contribution in [0.25, 0.3) is 0 Å². The summed E-state index contributed by atoms with van der Waals surface area (Å²) in [5.74, 6) is -1.44. The number of nitro groups is 1. The highest BCUT2D eigenvalue weighted by atomic mass is 19.4. The zero-order valence-corrected chi connectivity index (χ0v) is 10.1. The van der Waals surface area contributed by atoms with Crippen molar-refractivity contribution in [2.75, 3.05) is 0 Å². The Bertz CT molecular complexity index is 688. The standard InChI is InChI=1S/C12H6F4N2O3/c13-11-6-8(3-4-17-11)21-10-2-1-7(12(14,15)16)5-9(10)18(19)20/h1-6H. The van der Waals surface area contributed by atoms with Crippen LogP contribution in [0.1, 0.15) is 5.56 Å². The van der Waals surface area contributed by atoms with Crippen LogP contribution in [0, 0.1) is 16.1 Å². The summed E-state index contributed by atoms with van der Waals surface area (Å²) < 4.78 is 55.5. The number of rotatable bonds is 3. The first-order valence-electron chi connectivity index (χ1n) is 5.42. The maximum absolute atomic E-state index is 12.9. The van der Waals surface area contributed by atoms with Crippen molar-refractivity contribution < 1.29 is 27.2 Å². The molecular weight excluding hydrogens is 296 g/mol. The molecule has 1 aromatic carbocycles. The van der Waals surface area contributed by atoms with E-state index in [2.05, 4.69) is 4.98 Å². The van der Waals surface area contributed by atoms with E-state index in [-0.39, 0.29) is 5.75 Å². The Labute approximate surface area is 115 Å². The minimum absolute atomic E-state index is 0.120. The van der Waals surface area contributed by atoms with Crippen LogP contribution >= 0.6 is 0 Å². The summed E-state index contributed by atoms with van der Waals surface area (Å²) in [6, 6.07) is 3.86. The van der Waals surface area contributed by atoms with E-state index in [0.717, 1.165) is 18.3 Å². The van der Waals surface area contributed by atoms with Gasteiger partial charge in [0.05, 0.1) is 10.5 Å². The largest absolute Gasteiger partial charge is 0.450 e. The molecule has 0 aliphatic carbocycles. The Morgan fingerprint density at radius 3 is 2.48 bits per heavy atom. The van der Waals surface area contributed by atoms with Crippen molar-refractivity contribution in [3.8, 4) is 11.5 Å². The number of hydrogen-bond acceptors (Lipinski definition) is 4. The molecular formula is C12H6F4N2O3. The average Bonchev–Trinajstić information content (AvgIpc) is 2.37. The number of pyridine rings is 1. The third-order valence-corrected chi connectivity index (χ3v) is 2.41. The van der Waals surface area contributed by atoms with E-state index < -0.39 is 34.0 Å². The maximum Gasteiger partial charge on any atom is 0.416 e. The molecule has 0 saturated heterocycles. The van der Waals surface area contributed by atoms with Gasteiger partial charge in [0.15, 0.2) is 0 Å². The molecule has 0 atom stereocenters. The molecule has 0 amide bonds. The van der Waals surface area contributed by atoms with Gasteiger partial charge < -0.3 is 4.74 Å². The summed E-state index contributed by atoms with van der Waals surface area (Å²) >= 11 is 0. The molecule has 0 saturated carbocycles. The first-order chi connectivity index (χ1) is 9.77. The third kappa shape index (κ3) is 3.44. The number of nitrogens with zero attached hydrogens (tertiary/aromatic N) is 2. The highest BCUT2D eigenvalue weighted by molar-refractivity contribution is 5.51. The Morgan fingerprint density at radius 1 is 1.19 bits per heavy atom. The topological polar surface area (TPSA) is 65.3 Å². The lowest BCUT2D eigenvalue weighted by Crippen LogP contribution is -2.06. The number of aromatic nitrogens is 1. The zero-order valence-electron chi connectivity index (χ0n) is 10.1. The predicted molar refractivity (Wildman–Crippen MR) is 62.4 cm³/mol. The van der Waals surface area contributed by atoms with Gasteiger partial charge in [0.1, 0.15) is 5.75 Å². The molecule has 110 valence electrons. The number of benzene rings is 1. The molecule has 0 spiro atoms. The highest BCUT2D eigenvalue weighted by Gasteiger charge is 2.33. The van der Waals surface area contributed by atoms with Crippen LogP contribution in [0.3, 0.4) is 0 Å². The summed E-state index contributed by atoms with van der Waals surface area (Å²) in [5.41, 5.74) is -2.05. The van der Waals surface area contributed by atoms with Gasteiger partial charge in [0.2, 0.25) is 11.7 Å². The number of alkyl halides is 3. The van der Waals surface area contributed by atoms with Crippen LogP contribution in [0.15, 0.2) is 36.5 Å². The molecule has 0 aliphatic heterocycles. The SMILES string of the molecule is O=[N+]([O-])c1cc(C(F)(F)F)ccc1Oc1ccnc(F)c1. The van der Waals surface area contributed by atoms with Crippen LogP contribution in [0.4, 0.5) is 23.2 Å². The van der Waals surface area contributed by atoms with Gasteiger partial charge in [-0.3, -0.25) is 10.1 Å². The molecule has 0 unspecified atom stereocenters. The van der Waals surface area contributed by atoms with E-state index in [1.807, 2.05) is 0 Å². The lowest BCUT2D eigenvalue weighted by Gasteiger charge is -2.09. The third-order valence-electron chi connectivity index (χ3n) is 2.41. The van der Waals surface area contributed by atoms with E-state index >= 15 is 0 Å². The van der Waals surface area contributed by atoms with Crippen molar-refractivity contribution in [2.24, 2.45) is 0 Å². The maximum atomic E-state index is 12.9. The van der Waals surface area contributed by atoms with E-state index in [1.165, 1.54) is 6.07 Å². The minimum Gasteiger partial charge on any atom is -0.450 e. The Morgan fingerprint density at radius 2 is 1.90 bits per heavy atom. The molecule has 0 bridgehead atoms. The highest BCUT2D eigenvalue weighted by Crippen LogP contribution is 2.37. The van der Waals surface area contributed by atoms with E-state index in [1.54, 1.807) is 0 Å². The van der Waals surface area contributed by atoms with Crippen LogP contribution in [-0.4, -0.2) is 9.91 Å². The van der Waals surface area contributed by atoms with Gasteiger partial charge in [0, 0.05) is 18.3 Å². The number of halogens is 4. The number of ether oxygens (including phenoxy) is 1. The van der Waals surface area contributed by atoms with E-state index in [9.17, 15) is 27.7 Å². The van der Waals surface area contributed by atoms with Gasteiger partial charge in [-0.2, -0.15) is 17.6 Å². The fourth-order valence-corrected chi connectivity index (χ4v) is 1.50. The van der Waals surface area contributed by atoms with Gasteiger partial charge >= 0.3 is 11.9 Å². The molecule has 1 heterocycles. The van der Waals surface area contributed by atoms with Crippen molar-refractivity contribution in [2.45, 2.75) is 6.18 Å². The Hall–Kier alpha value is -2.71. The molecule has 21 heavy (non-hydrogen) atoms. The van der Waals surface area contributed by atoms with Gasteiger partial charge in [0.25, 0.3) is 0 Å². The molecule has 0 aliphatic rings. The zero-order chi connectivity index (χ0) is 15.6. The van der Waals surface area contributed by atoms with Crippen LogP contribution in [0.5, 0.6) is 11.5 Å². The predicted octanol–water partition coefficient (Wildman–Crippen LogP) is 3.94. The molecule has 0 N–H and O–H groups in total. The Kier molecular flexibility index (Phi) is 3.74. The average molecular weight is 302 g/mol. The molecule has 2 rings (SSSR count). The van der Waals surface area contributed by atoms with Gasteiger partial charge in [-0.05, 0) is 18.2 Å². The molecule has 9 heteroatoms. The van der Waals surface area contributed by atoms with Crippen molar-refractivity contribution in [3.05, 3.63) is 58.2 Å². The minimum atomic E-state index is -4.72. The summed E-state index contributed by atoms with van der Waals surface area (Å²) in [5, 5.41) is 10.8. The lowest BCUT2D eigenvalue weighted by molar-refractivity contribution is -0.385. The lowest BCUT2D eigenvalue weighted by atomic mass is 10.2. The first kappa shape index (κ1) is 14.7. The van der Waals surface area contributed by atoms with Crippen LogP contribution < -0.4 is 4.74 Å². The summed E-state index contributed by atoms with van der Waals surface area (Å²) in [6.45, 7) is 0. The second-order valence-electron chi connectivity index (χ2n) is 3.85. The van der Waals surface area contributed by atoms with E-state index in [0.29, 0.717) is 12.1 Å². The van der Waals surface area contributed by atoms with Crippen molar-refractivity contribution >= 4 is 5.69 Å². The van der Waals surface area contributed by atoms with Gasteiger partial charge in [-0.1, -0.05) is 0 Å². The fraction of sp³-hybridized carbons (Fsp3) is 0.0833. The smallest absolute Gasteiger partial charge is 0.416 e. The summed E-state index contributed by atoms with van der Waals surface area (Å²) in [7, 11) is 0. The monoisotopic (exact) mass is 302 g/mol. The van der Waals surface area contributed by atoms with Gasteiger partial charge in [-0.15, -0.1) is 0 Å². The first-order valence-corrected chi connectivity index (χ1v) is 5.42.